The Morgan fingerprint density at radius 1 is 1.19 bits per heavy atom. The predicted octanol–water partition coefficient (Wildman–Crippen LogP) is 4.97. The third-order valence-corrected chi connectivity index (χ3v) is 4.73. The van der Waals surface area contributed by atoms with Gasteiger partial charge in [-0.25, -0.2) is 4.98 Å². The molecule has 0 aliphatic carbocycles. The van der Waals surface area contributed by atoms with E-state index in [1.807, 2.05) is 49.4 Å². The molecule has 0 bridgehead atoms. The number of carbonyl (C=O) groups is 1. The lowest BCUT2D eigenvalue weighted by Gasteiger charge is -2.05. The van der Waals surface area contributed by atoms with Crippen molar-refractivity contribution >= 4 is 29.7 Å². The monoisotopic (exact) mass is 367 g/mol. The van der Waals surface area contributed by atoms with Gasteiger partial charge in [0.2, 0.25) is 5.16 Å². The zero-order chi connectivity index (χ0) is 18.5. The van der Waals surface area contributed by atoms with Crippen molar-refractivity contribution in [2.24, 2.45) is 0 Å². The van der Waals surface area contributed by atoms with Gasteiger partial charge in [0.1, 0.15) is 17.3 Å². The third-order valence-electron chi connectivity index (χ3n) is 3.88. The summed E-state index contributed by atoms with van der Waals surface area (Å²) in [5.74, 6) is 3.07. The minimum atomic E-state index is 0.0678. The quantitative estimate of drug-likeness (QED) is 0.471. The second-order valence-electron chi connectivity index (χ2n) is 6.27. The molecule has 0 amide bonds. The fourth-order valence-corrected chi connectivity index (χ4v) is 3.07. The average Bonchev–Trinajstić information content (AvgIpc) is 3.26. The number of aryl methyl sites for hydroxylation is 1. The van der Waals surface area contributed by atoms with E-state index < -0.39 is 0 Å². The van der Waals surface area contributed by atoms with Gasteiger partial charge in [-0.2, -0.15) is 0 Å². The van der Waals surface area contributed by atoms with Gasteiger partial charge in [0, 0.05) is 5.56 Å². The van der Waals surface area contributed by atoms with Crippen LogP contribution in [0, 0.1) is 6.92 Å². The average molecular weight is 367 g/mol. The molecule has 0 radical (unpaired) electrons. The number of benzene rings is 1. The van der Waals surface area contributed by atoms with Gasteiger partial charge >= 0.3 is 0 Å². The molecule has 2 aromatic heterocycles. The molecule has 0 saturated carbocycles. The second-order valence-corrected chi connectivity index (χ2v) is 7.22. The maximum atomic E-state index is 12.3. The van der Waals surface area contributed by atoms with E-state index >= 15 is 0 Å². The first kappa shape index (κ1) is 18.2. The number of thioether (sulfide) groups is 1. The summed E-state index contributed by atoms with van der Waals surface area (Å²) in [4.78, 5) is 16.7. The molecule has 0 atom stereocenters. The molecule has 134 valence electrons. The lowest BCUT2D eigenvalue weighted by Crippen LogP contribution is -2.03. The van der Waals surface area contributed by atoms with Gasteiger partial charge in [-0.1, -0.05) is 49.9 Å². The Bertz CT molecular complexity index is 907. The number of hydrogen-bond acceptors (Lipinski definition) is 5. The first-order valence-corrected chi connectivity index (χ1v) is 9.42. The van der Waals surface area contributed by atoms with Crippen LogP contribution in [0.15, 0.2) is 46.0 Å². The molecule has 0 unspecified atom stereocenters. The molecule has 1 aromatic carbocycles. The summed E-state index contributed by atoms with van der Waals surface area (Å²) in [5.41, 5.74) is 1.94. The number of carbonyl (C=O) groups excluding carboxylic acids is 1. The zero-order valence-electron chi connectivity index (χ0n) is 15.0. The van der Waals surface area contributed by atoms with E-state index in [0.717, 1.165) is 11.5 Å². The maximum absolute atomic E-state index is 12.3. The van der Waals surface area contributed by atoms with Crippen molar-refractivity contribution in [1.29, 1.82) is 0 Å². The van der Waals surface area contributed by atoms with Crippen LogP contribution in [0.3, 0.4) is 0 Å². The van der Waals surface area contributed by atoms with Crippen molar-refractivity contribution in [2.75, 3.05) is 5.75 Å². The number of H-pyrrole nitrogens is 1. The van der Waals surface area contributed by atoms with Crippen LogP contribution in [0.4, 0.5) is 0 Å². The van der Waals surface area contributed by atoms with Gasteiger partial charge in [-0.05, 0) is 42.7 Å². The molecule has 5 nitrogen and oxygen atoms in total. The Balaban J connectivity index is 1.55. The first-order valence-electron chi connectivity index (χ1n) is 8.44. The fraction of sp³-hybridized carbons (Fsp3) is 0.250. The Hall–Kier alpha value is -2.60. The lowest BCUT2D eigenvalue weighted by atomic mass is 10.0. The van der Waals surface area contributed by atoms with E-state index in [2.05, 4.69) is 29.0 Å². The summed E-state index contributed by atoms with van der Waals surface area (Å²) in [7, 11) is 0. The standard InChI is InChI=1S/C20H21N3O2S/c1-13(2)15-5-7-16(8-6-15)18(24)12-26-20-21-19(22-23-20)11-10-17-9-4-14(3)25-17/h4-11,13H,12H2,1-3H3,(H,21,22,23)/b11-10+. The Morgan fingerprint density at radius 3 is 2.62 bits per heavy atom. The van der Waals surface area contributed by atoms with Gasteiger partial charge < -0.3 is 4.42 Å². The first-order chi connectivity index (χ1) is 12.5. The Morgan fingerprint density at radius 2 is 1.96 bits per heavy atom. The topological polar surface area (TPSA) is 71.8 Å². The summed E-state index contributed by atoms with van der Waals surface area (Å²) in [6.07, 6.45) is 3.62. The summed E-state index contributed by atoms with van der Waals surface area (Å²) in [6.45, 7) is 6.16. The molecular weight excluding hydrogens is 346 g/mol. The predicted molar refractivity (Wildman–Crippen MR) is 104 cm³/mol. The summed E-state index contributed by atoms with van der Waals surface area (Å²) >= 11 is 1.32. The zero-order valence-corrected chi connectivity index (χ0v) is 15.8. The van der Waals surface area contributed by atoms with Gasteiger partial charge in [0.05, 0.1) is 5.75 Å². The van der Waals surface area contributed by atoms with Crippen molar-refractivity contribution in [2.45, 2.75) is 31.8 Å². The molecule has 0 saturated heterocycles. The van der Waals surface area contributed by atoms with Gasteiger partial charge in [0.25, 0.3) is 0 Å². The summed E-state index contributed by atoms with van der Waals surface area (Å²) in [6, 6.07) is 11.6. The van der Waals surface area contributed by atoms with Gasteiger partial charge in [-0.15, -0.1) is 5.10 Å². The largest absolute Gasteiger partial charge is 0.462 e. The van der Waals surface area contributed by atoms with Crippen LogP contribution in [0.1, 0.15) is 53.0 Å². The molecule has 6 heteroatoms. The molecule has 0 spiro atoms. The number of aromatic amines is 1. The highest BCUT2D eigenvalue weighted by molar-refractivity contribution is 7.99. The minimum absolute atomic E-state index is 0.0678. The number of nitrogens with one attached hydrogen (secondary N) is 1. The van der Waals surface area contributed by atoms with E-state index in [0.29, 0.717) is 28.2 Å². The van der Waals surface area contributed by atoms with E-state index in [-0.39, 0.29) is 5.78 Å². The molecule has 3 aromatic rings. The van der Waals surface area contributed by atoms with E-state index in [1.54, 1.807) is 6.08 Å². The number of hydrogen-bond donors (Lipinski definition) is 1. The van der Waals surface area contributed by atoms with Crippen LogP contribution >= 0.6 is 11.8 Å². The number of nitrogens with zero attached hydrogens (tertiary/aromatic N) is 2. The van der Waals surface area contributed by atoms with Gasteiger partial charge in [-0.3, -0.25) is 9.89 Å². The minimum Gasteiger partial charge on any atom is -0.462 e. The van der Waals surface area contributed by atoms with Crippen LogP contribution in [-0.2, 0) is 0 Å². The number of furan rings is 1. The van der Waals surface area contributed by atoms with Crippen LogP contribution in [0.2, 0.25) is 0 Å². The Kier molecular flexibility index (Phi) is 5.73. The normalized spacial score (nSPS) is 11.5. The molecule has 26 heavy (non-hydrogen) atoms. The van der Waals surface area contributed by atoms with Crippen molar-refractivity contribution in [3.63, 3.8) is 0 Å². The van der Waals surface area contributed by atoms with Crippen molar-refractivity contribution in [3.8, 4) is 0 Å². The number of rotatable bonds is 7. The van der Waals surface area contributed by atoms with Gasteiger partial charge in [0.15, 0.2) is 5.78 Å². The van der Waals surface area contributed by atoms with Crippen LogP contribution < -0.4 is 0 Å². The van der Waals surface area contributed by atoms with E-state index in [1.165, 1.54) is 17.3 Å². The molecule has 0 fully saturated rings. The molecule has 2 heterocycles. The lowest BCUT2D eigenvalue weighted by molar-refractivity contribution is 0.102. The highest BCUT2D eigenvalue weighted by Crippen LogP contribution is 2.18. The molecule has 1 N–H and O–H groups in total. The van der Waals surface area contributed by atoms with Crippen molar-refractivity contribution in [1.82, 2.24) is 15.2 Å². The van der Waals surface area contributed by atoms with E-state index in [9.17, 15) is 4.79 Å². The van der Waals surface area contributed by atoms with Crippen molar-refractivity contribution < 1.29 is 9.21 Å². The molecule has 3 rings (SSSR count). The molecule has 0 aliphatic rings. The number of aromatic nitrogens is 3. The highest BCUT2D eigenvalue weighted by Gasteiger charge is 2.10. The highest BCUT2D eigenvalue weighted by atomic mass is 32.2. The Labute approximate surface area is 156 Å². The van der Waals surface area contributed by atoms with Crippen LogP contribution in [0.5, 0.6) is 0 Å². The molecule has 0 aliphatic heterocycles. The van der Waals surface area contributed by atoms with Crippen LogP contribution in [0.25, 0.3) is 12.2 Å². The van der Waals surface area contributed by atoms with Crippen LogP contribution in [-0.4, -0.2) is 26.7 Å². The smallest absolute Gasteiger partial charge is 0.209 e. The van der Waals surface area contributed by atoms with Crippen molar-refractivity contribution in [3.05, 3.63) is 64.9 Å². The number of ketones is 1. The number of Topliss-reactive ketones (excluding diaryl/α,β-unsaturated/α-hetero) is 1. The van der Waals surface area contributed by atoms with E-state index in [4.69, 9.17) is 4.42 Å². The molecular formula is C20H21N3O2S. The summed E-state index contributed by atoms with van der Waals surface area (Å²) < 4.78 is 5.46. The maximum Gasteiger partial charge on any atom is 0.209 e. The second kappa shape index (κ2) is 8.19. The SMILES string of the molecule is Cc1ccc(/C=C/c2nc(SCC(=O)c3ccc(C(C)C)cc3)n[nH]2)o1. The summed E-state index contributed by atoms with van der Waals surface area (Å²) in [5, 5.41) is 7.52. The third kappa shape index (κ3) is 4.73. The fourth-order valence-electron chi connectivity index (χ4n) is 2.37.